The Bertz CT molecular complexity index is 744. The van der Waals surface area contributed by atoms with Gasteiger partial charge >= 0.3 is 7.12 Å². The first-order valence-electron chi connectivity index (χ1n) is 9.75. The van der Waals surface area contributed by atoms with Crippen molar-refractivity contribution in [3.05, 3.63) is 36.2 Å². The van der Waals surface area contributed by atoms with E-state index < -0.39 is 0 Å². The summed E-state index contributed by atoms with van der Waals surface area (Å²) in [6, 6.07) is 8.41. The Morgan fingerprint density at radius 1 is 1.00 bits per heavy atom. The van der Waals surface area contributed by atoms with Crippen molar-refractivity contribution < 1.29 is 13.8 Å². The highest BCUT2D eigenvalue weighted by Gasteiger charge is 2.51. The number of hydrogen-bond donors (Lipinski definition) is 0. The van der Waals surface area contributed by atoms with E-state index in [0.717, 1.165) is 34.6 Å². The van der Waals surface area contributed by atoms with Crippen LogP contribution in [0.4, 0.5) is 0 Å². The fourth-order valence-electron chi connectivity index (χ4n) is 3.93. The summed E-state index contributed by atoms with van der Waals surface area (Å²) in [6.45, 7) is 8.31. The average molecular weight is 353 g/mol. The highest BCUT2D eigenvalue weighted by molar-refractivity contribution is 6.62. The van der Waals surface area contributed by atoms with Crippen LogP contribution in [0.15, 0.2) is 35.1 Å². The maximum Gasteiger partial charge on any atom is 0.494 e. The summed E-state index contributed by atoms with van der Waals surface area (Å²) in [5, 5.41) is 4.27. The molecule has 1 aliphatic carbocycles. The van der Waals surface area contributed by atoms with E-state index in [4.69, 9.17) is 13.8 Å². The van der Waals surface area contributed by atoms with Crippen LogP contribution in [0.2, 0.25) is 0 Å². The van der Waals surface area contributed by atoms with Crippen LogP contribution in [0.5, 0.6) is 0 Å². The van der Waals surface area contributed by atoms with Crippen molar-refractivity contribution >= 4 is 12.6 Å². The van der Waals surface area contributed by atoms with E-state index >= 15 is 0 Å². The lowest BCUT2D eigenvalue weighted by Crippen LogP contribution is -2.41. The fraction of sp³-hybridized carbons (Fsp3) is 0.571. The minimum Gasteiger partial charge on any atom is -0.399 e. The standard InChI is InChI=1S/C21H28BNO3/c1-20(2)21(3,4)26-22(25-20)17-11-9-16(10-12-17)18-14-24-23-19(18)13-15-7-5-6-8-15/h9-12,14-15H,5-8,13H2,1-4H3. The van der Waals surface area contributed by atoms with E-state index in [9.17, 15) is 0 Å². The second-order valence-electron chi connectivity index (χ2n) is 8.74. The first kappa shape index (κ1) is 17.8. The van der Waals surface area contributed by atoms with Gasteiger partial charge in [-0.25, -0.2) is 0 Å². The van der Waals surface area contributed by atoms with Crippen LogP contribution < -0.4 is 5.46 Å². The molecular formula is C21H28BNO3. The number of aromatic nitrogens is 1. The second-order valence-corrected chi connectivity index (χ2v) is 8.74. The van der Waals surface area contributed by atoms with Crippen molar-refractivity contribution in [2.24, 2.45) is 5.92 Å². The van der Waals surface area contributed by atoms with Crippen LogP contribution in [0.25, 0.3) is 11.1 Å². The topological polar surface area (TPSA) is 44.5 Å². The molecule has 2 aliphatic rings. The number of rotatable bonds is 4. The molecule has 0 radical (unpaired) electrons. The molecule has 0 N–H and O–H groups in total. The molecule has 0 bridgehead atoms. The zero-order chi connectivity index (χ0) is 18.4. The summed E-state index contributed by atoms with van der Waals surface area (Å²) in [5.74, 6) is 0.753. The molecule has 4 rings (SSSR count). The summed E-state index contributed by atoms with van der Waals surface area (Å²) in [5.41, 5.74) is 3.73. The average Bonchev–Trinajstić information content (AvgIpc) is 3.30. The molecule has 2 heterocycles. The lowest BCUT2D eigenvalue weighted by Gasteiger charge is -2.32. The lowest BCUT2D eigenvalue weighted by molar-refractivity contribution is 0.00578. The molecule has 5 heteroatoms. The molecule has 138 valence electrons. The van der Waals surface area contributed by atoms with Crippen LogP contribution in [-0.2, 0) is 15.7 Å². The normalized spacial score (nSPS) is 22.2. The zero-order valence-electron chi connectivity index (χ0n) is 16.2. The third-order valence-electron chi connectivity index (χ3n) is 6.35. The number of nitrogens with zero attached hydrogens (tertiary/aromatic N) is 1. The maximum absolute atomic E-state index is 6.14. The summed E-state index contributed by atoms with van der Waals surface area (Å²) in [6.07, 6.45) is 8.11. The third-order valence-corrected chi connectivity index (χ3v) is 6.35. The van der Waals surface area contributed by atoms with Crippen LogP contribution in [0, 0.1) is 5.92 Å². The molecule has 26 heavy (non-hydrogen) atoms. The Morgan fingerprint density at radius 2 is 1.62 bits per heavy atom. The summed E-state index contributed by atoms with van der Waals surface area (Å²) < 4.78 is 17.6. The van der Waals surface area contributed by atoms with Gasteiger partial charge in [0.05, 0.1) is 16.9 Å². The molecule has 1 aromatic heterocycles. The predicted molar refractivity (Wildman–Crippen MR) is 103 cm³/mol. The molecule has 0 amide bonds. The van der Waals surface area contributed by atoms with Crippen molar-refractivity contribution in [2.45, 2.75) is 71.0 Å². The summed E-state index contributed by atoms with van der Waals surface area (Å²) in [4.78, 5) is 0. The molecule has 0 spiro atoms. The van der Waals surface area contributed by atoms with Gasteiger partial charge in [-0.15, -0.1) is 0 Å². The van der Waals surface area contributed by atoms with Gasteiger partial charge in [-0.3, -0.25) is 0 Å². The van der Waals surface area contributed by atoms with Crippen LogP contribution in [0.3, 0.4) is 0 Å². The molecular weight excluding hydrogens is 325 g/mol. The minimum atomic E-state index is -0.325. The molecule has 0 unspecified atom stereocenters. The zero-order valence-corrected chi connectivity index (χ0v) is 16.2. The summed E-state index contributed by atoms with van der Waals surface area (Å²) >= 11 is 0. The van der Waals surface area contributed by atoms with Crippen LogP contribution >= 0.6 is 0 Å². The van der Waals surface area contributed by atoms with Gasteiger partial charge in [0.1, 0.15) is 6.26 Å². The van der Waals surface area contributed by atoms with Gasteiger partial charge in [0.25, 0.3) is 0 Å². The smallest absolute Gasteiger partial charge is 0.399 e. The first-order chi connectivity index (χ1) is 12.4. The quantitative estimate of drug-likeness (QED) is 0.766. The van der Waals surface area contributed by atoms with Gasteiger partial charge < -0.3 is 13.8 Å². The lowest BCUT2D eigenvalue weighted by atomic mass is 9.78. The Hall–Kier alpha value is -1.59. The SMILES string of the molecule is CC1(C)OB(c2ccc(-c3conc3CC3CCCC3)cc2)OC1(C)C. The Balaban J connectivity index is 1.51. The van der Waals surface area contributed by atoms with Gasteiger partial charge in [0.15, 0.2) is 0 Å². The molecule has 2 fully saturated rings. The molecule has 2 aromatic rings. The minimum absolute atomic E-state index is 0.320. The Kier molecular flexibility index (Phi) is 4.48. The van der Waals surface area contributed by atoms with Gasteiger partial charge in [-0.1, -0.05) is 55.1 Å². The maximum atomic E-state index is 6.14. The van der Waals surface area contributed by atoms with Gasteiger partial charge in [-0.05, 0) is 51.1 Å². The van der Waals surface area contributed by atoms with Gasteiger partial charge in [0, 0.05) is 5.56 Å². The fourth-order valence-corrected chi connectivity index (χ4v) is 3.93. The second kappa shape index (κ2) is 6.54. The number of benzene rings is 1. The largest absolute Gasteiger partial charge is 0.494 e. The van der Waals surface area contributed by atoms with Crippen LogP contribution in [0.1, 0.15) is 59.1 Å². The van der Waals surface area contributed by atoms with E-state index in [1.54, 1.807) is 6.26 Å². The van der Waals surface area contributed by atoms with Crippen molar-refractivity contribution in [3.63, 3.8) is 0 Å². The Morgan fingerprint density at radius 3 is 2.23 bits per heavy atom. The van der Waals surface area contributed by atoms with Crippen LogP contribution in [-0.4, -0.2) is 23.5 Å². The van der Waals surface area contributed by atoms with Gasteiger partial charge in [-0.2, -0.15) is 0 Å². The molecule has 1 saturated carbocycles. The highest BCUT2D eigenvalue weighted by Crippen LogP contribution is 2.37. The summed E-state index contributed by atoms with van der Waals surface area (Å²) in [7, 11) is -0.325. The molecule has 4 nitrogen and oxygen atoms in total. The first-order valence-corrected chi connectivity index (χ1v) is 9.75. The molecule has 1 aromatic carbocycles. The predicted octanol–water partition coefficient (Wildman–Crippen LogP) is 4.37. The van der Waals surface area contributed by atoms with E-state index in [1.165, 1.54) is 25.7 Å². The molecule has 1 saturated heterocycles. The van der Waals surface area contributed by atoms with Crippen molar-refractivity contribution in [1.29, 1.82) is 0 Å². The van der Waals surface area contributed by atoms with E-state index in [1.807, 2.05) is 0 Å². The van der Waals surface area contributed by atoms with Crippen molar-refractivity contribution in [1.82, 2.24) is 5.16 Å². The van der Waals surface area contributed by atoms with E-state index in [-0.39, 0.29) is 18.3 Å². The number of hydrogen-bond acceptors (Lipinski definition) is 4. The monoisotopic (exact) mass is 353 g/mol. The third kappa shape index (κ3) is 3.23. The van der Waals surface area contributed by atoms with E-state index in [2.05, 4.69) is 57.1 Å². The highest BCUT2D eigenvalue weighted by atomic mass is 16.7. The van der Waals surface area contributed by atoms with E-state index in [0.29, 0.717) is 0 Å². The van der Waals surface area contributed by atoms with Gasteiger partial charge in [0.2, 0.25) is 0 Å². The molecule has 1 aliphatic heterocycles. The Labute approximate surface area is 156 Å². The van der Waals surface area contributed by atoms with Crippen molar-refractivity contribution in [2.75, 3.05) is 0 Å². The van der Waals surface area contributed by atoms with Crippen molar-refractivity contribution in [3.8, 4) is 11.1 Å². The molecule has 0 atom stereocenters.